The van der Waals surface area contributed by atoms with Gasteiger partial charge in [0.25, 0.3) is 0 Å². The Morgan fingerprint density at radius 3 is 2.58 bits per heavy atom. The lowest BCUT2D eigenvalue weighted by Crippen LogP contribution is -2.04. The van der Waals surface area contributed by atoms with Crippen LogP contribution in [0.15, 0.2) is 36.4 Å². The van der Waals surface area contributed by atoms with Gasteiger partial charge in [0.1, 0.15) is 11.6 Å². The molecule has 0 saturated carbocycles. The van der Waals surface area contributed by atoms with E-state index >= 15 is 0 Å². The van der Waals surface area contributed by atoms with Gasteiger partial charge in [-0.2, -0.15) is 0 Å². The van der Waals surface area contributed by atoms with Crippen molar-refractivity contribution in [2.45, 2.75) is 19.4 Å². The minimum atomic E-state index is -0.896. The van der Waals surface area contributed by atoms with Crippen LogP contribution in [0.2, 0.25) is 5.02 Å². The number of rotatable bonds is 3. The van der Waals surface area contributed by atoms with Crippen LogP contribution in [0.3, 0.4) is 0 Å². The standard InChI is InChI=1S/C15H13ClF2O/c1-9-6-10(2-4-13(9)16)15(19)8-11-7-12(17)3-5-14(11)18/h2-7,15,19H,8H2,1H3. The summed E-state index contributed by atoms with van der Waals surface area (Å²) in [4.78, 5) is 0. The molecule has 1 atom stereocenters. The topological polar surface area (TPSA) is 20.2 Å². The summed E-state index contributed by atoms with van der Waals surface area (Å²) in [6, 6.07) is 8.31. The highest BCUT2D eigenvalue weighted by Gasteiger charge is 2.13. The van der Waals surface area contributed by atoms with Crippen LogP contribution in [-0.4, -0.2) is 5.11 Å². The minimum absolute atomic E-state index is 0.0185. The largest absolute Gasteiger partial charge is 0.388 e. The summed E-state index contributed by atoms with van der Waals surface area (Å²) in [5, 5.41) is 10.7. The number of aryl methyl sites for hydroxylation is 1. The summed E-state index contributed by atoms with van der Waals surface area (Å²) in [5.41, 5.74) is 1.61. The van der Waals surface area contributed by atoms with E-state index in [9.17, 15) is 13.9 Å². The maximum absolute atomic E-state index is 13.5. The van der Waals surface area contributed by atoms with Gasteiger partial charge in [0, 0.05) is 11.4 Å². The molecule has 2 aromatic rings. The van der Waals surface area contributed by atoms with E-state index in [1.54, 1.807) is 18.2 Å². The van der Waals surface area contributed by atoms with Gasteiger partial charge in [0.2, 0.25) is 0 Å². The van der Waals surface area contributed by atoms with Crippen LogP contribution in [0, 0.1) is 18.6 Å². The van der Waals surface area contributed by atoms with Crippen molar-refractivity contribution >= 4 is 11.6 Å². The fraction of sp³-hybridized carbons (Fsp3) is 0.200. The van der Waals surface area contributed by atoms with Gasteiger partial charge in [0.15, 0.2) is 0 Å². The van der Waals surface area contributed by atoms with Crippen molar-refractivity contribution in [1.82, 2.24) is 0 Å². The molecule has 0 aromatic heterocycles. The zero-order valence-corrected chi connectivity index (χ0v) is 11.1. The van der Waals surface area contributed by atoms with Gasteiger partial charge in [-0.25, -0.2) is 8.78 Å². The maximum Gasteiger partial charge on any atom is 0.126 e. The number of benzene rings is 2. The molecule has 0 aliphatic heterocycles. The fourth-order valence-electron chi connectivity index (χ4n) is 1.90. The van der Waals surface area contributed by atoms with Gasteiger partial charge in [-0.15, -0.1) is 0 Å². The van der Waals surface area contributed by atoms with Crippen molar-refractivity contribution < 1.29 is 13.9 Å². The van der Waals surface area contributed by atoms with Gasteiger partial charge < -0.3 is 5.11 Å². The molecule has 0 amide bonds. The molecule has 0 spiro atoms. The van der Waals surface area contributed by atoms with E-state index in [2.05, 4.69) is 0 Å². The Kier molecular flexibility index (Phi) is 4.17. The fourth-order valence-corrected chi connectivity index (χ4v) is 2.02. The van der Waals surface area contributed by atoms with E-state index in [-0.39, 0.29) is 12.0 Å². The molecule has 0 saturated heterocycles. The molecule has 0 aliphatic carbocycles. The zero-order valence-electron chi connectivity index (χ0n) is 10.3. The lowest BCUT2D eigenvalue weighted by molar-refractivity contribution is 0.177. The molecule has 4 heteroatoms. The second-order valence-corrected chi connectivity index (χ2v) is 4.87. The lowest BCUT2D eigenvalue weighted by Gasteiger charge is -2.13. The van der Waals surface area contributed by atoms with Gasteiger partial charge in [-0.1, -0.05) is 23.7 Å². The van der Waals surface area contributed by atoms with E-state index in [4.69, 9.17) is 11.6 Å². The van der Waals surface area contributed by atoms with Crippen molar-refractivity contribution in [3.05, 3.63) is 69.7 Å². The highest BCUT2D eigenvalue weighted by Crippen LogP contribution is 2.24. The van der Waals surface area contributed by atoms with E-state index in [0.717, 1.165) is 23.8 Å². The second-order valence-electron chi connectivity index (χ2n) is 4.46. The molecule has 0 fully saturated rings. The van der Waals surface area contributed by atoms with Crippen molar-refractivity contribution in [3.63, 3.8) is 0 Å². The van der Waals surface area contributed by atoms with Crippen molar-refractivity contribution in [2.75, 3.05) is 0 Å². The molecule has 2 rings (SSSR count). The molecule has 1 N–H and O–H groups in total. The zero-order chi connectivity index (χ0) is 14.0. The van der Waals surface area contributed by atoms with Crippen molar-refractivity contribution in [1.29, 1.82) is 0 Å². The Morgan fingerprint density at radius 1 is 1.16 bits per heavy atom. The number of halogens is 3. The van der Waals surface area contributed by atoms with Crippen molar-refractivity contribution in [2.24, 2.45) is 0 Å². The van der Waals surface area contributed by atoms with E-state index in [1.165, 1.54) is 0 Å². The summed E-state index contributed by atoms with van der Waals surface area (Å²) in [6.07, 6.45) is -0.878. The summed E-state index contributed by atoms with van der Waals surface area (Å²) < 4.78 is 26.5. The molecule has 0 radical (unpaired) electrons. The summed E-state index contributed by atoms with van der Waals surface area (Å²) in [7, 11) is 0. The number of hydrogen-bond donors (Lipinski definition) is 1. The van der Waals surface area contributed by atoms with Crippen LogP contribution in [0.4, 0.5) is 8.78 Å². The lowest BCUT2D eigenvalue weighted by atomic mass is 9.99. The summed E-state index contributed by atoms with van der Waals surface area (Å²) in [5.74, 6) is -1.04. The van der Waals surface area contributed by atoms with E-state index in [0.29, 0.717) is 10.6 Å². The molecule has 0 bridgehead atoms. The second kappa shape index (κ2) is 5.68. The monoisotopic (exact) mass is 282 g/mol. The van der Waals surface area contributed by atoms with Gasteiger partial charge in [-0.05, 0) is 47.9 Å². The highest BCUT2D eigenvalue weighted by atomic mass is 35.5. The molecular weight excluding hydrogens is 270 g/mol. The molecule has 1 nitrogen and oxygen atoms in total. The number of hydrogen-bond acceptors (Lipinski definition) is 1. The van der Waals surface area contributed by atoms with E-state index < -0.39 is 17.7 Å². The van der Waals surface area contributed by atoms with Crippen LogP contribution in [-0.2, 0) is 6.42 Å². The van der Waals surface area contributed by atoms with Crippen LogP contribution in [0.5, 0.6) is 0 Å². The molecule has 1 unspecified atom stereocenters. The van der Waals surface area contributed by atoms with Crippen LogP contribution in [0.1, 0.15) is 22.8 Å². The molecule has 19 heavy (non-hydrogen) atoms. The number of aliphatic hydroxyl groups is 1. The third-order valence-corrected chi connectivity index (χ3v) is 3.41. The predicted molar refractivity (Wildman–Crippen MR) is 71.2 cm³/mol. The summed E-state index contributed by atoms with van der Waals surface area (Å²) >= 11 is 5.90. The Hall–Kier alpha value is -1.45. The predicted octanol–water partition coefficient (Wildman–Crippen LogP) is 4.20. The molecule has 2 aromatic carbocycles. The average molecular weight is 283 g/mol. The quantitative estimate of drug-likeness (QED) is 0.894. The average Bonchev–Trinajstić information content (AvgIpc) is 2.37. The smallest absolute Gasteiger partial charge is 0.126 e. The first-order chi connectivity index (χ1) is 8.97. The SMILES string of the molecule is Cc1cc(C(O)Cc2cc(F)ccc2F)ccc1Cl. The third-order valence-electron chi connectivity index (χ3n) is 2.99. The van der Waals surface area contributed by atoms with E-state index in [1.807, 2.05) is 6.92 Å². The maximum atomic E-state index is 13.5. The number of aliphatic hydroxyl groups excluding tert-OH is 1. The molecule has 100 valence electrons. The Labute approximate surface area is 115 Å². The first-order valence-corrected chi connectivity index (χ1v) is 6.23. The Morgan fingerprint density at radius 2 is 1.89 bits per heavy atom. The highest BCUT2D eigenvalue weighted by molar-refractivity contribution is 6.31. The Balaban J connectivity index is 2.22. The first-order valence-electron chi connectivity index (χ1n) is 5.85. The van der Waals surface area contributed by atoms with Crippen LogP contribution in [0.25, 0.3) is 0 Å². The normalized spacial score (nSPS) is 12.5. The minimum Gasteiger partial charge on any atom is -0.388 e. The third kappa shape index (κ3) is 3.31. The van der Waals surface area contributed by atoms with Crippen molar-refractivity contribution in [3.8, 4) is 0 Å². The summed E-state index contributed by atoms with van der Waals surface area (Å²) in [6.45, 7) is 1.82. The molecule has 0 aliphatic rings. The molecule has 0 heterocycles. The van der Waals surface area contributed by atoms with Crippen LogP contribution < -0.4 is 0 Å². The Bertz CT molecular complexity index is 599. The molecular formula is C15H13ClF2O. The van der Waals surface area contributed by atoms with Gasteiger partial charge in [0.05, 0.1) is 6.10 Å². The van der Waals surface area contributed by atoms with Crippen LogP contribution >= 0.6 is 11.6 Å². The van der Waals surface area contributed by atoms with Gasteiger partial charge in [-0.3, -0.25) is 0 Å². The first kappa shape index (κ1) is 14.0. The van der Waals surface area contributed by atoms with Gasteiger partial charge >= 0.3 is 0 Å².